The van der Waals surface area contributed by atoms with E-state index in [-0.39, 0.29) is 36.0 Å². The summed E-state index contributed by atoms with van der Waals surface area (Å²) in [5, 5.41) is 10.3. The molecule has 1 saturated carbocycles. The first-order valence-electron chi connectivity index (χ1n) is 10.9. The zero-order chi connectivity index (χ0) is 21.9. The fraction of sp³-hybridized carbons (Fsp3) is 0.714. The normalized spacial score (nSPS) is 21.8. The lowest BCUT2D eigenvalue weighted by molar-refractivity contribution is -0.133. The lowest BCUT2D eigenvalue weighted by atomic mass is 9.94. The number of amides is 3. The van der Waals surface area contributed by atoms with Crippen LogP contribution in [-0.4, -0.2) is 82.6 Å². The maximum absolute atomic E-state index is 13.2. The maximum atomic E-state index is 13.2. The first-order valence-corrected chi connectivity index (χ1v) is 10.9. The van der Waals surface area contributed by atoms with E-state index in [0.717, 1.165) is 32.1 Å². The van der Waals surface area contributed by atoms with Crippen LogP contribution in [0.3, 0.4) is 0 Å². The van der Waals surface area contributed by atoms with Gasteiger partial charge in [0.1, 0.15) is 11.2 Å². The third-order valence-corrected chi connectivity index (χ3v) is 6.00. The van der Waals surface area contributed by atoms with Gasteiger partial charge in [-0.25, -0.2) is 0 Å². The average Bonchev–Trinajstić information content (AvgIpc) is 3.34. The molecule has 1 aromatic heterocycles. The lowest BCUT2D eigenvalue weighted by Crippen LogP contribution is -2.65. The molecule has 1 fully saturated rings. The van der Waals surface area contributed by atoms with Gasteiger partial charge in [0, 0.05) is 31.7 Å². The van der Waals surface area contributed by atoms with E-state index in [2.05, 4.69) is 15.7 Å². The van der Waals surface area contributed by atoms with Gasteiger partial charge in [-0.1, -0.05) is 19.8 Å². The zero-order valence-electron chi connectivity index (χ0n) is 18.5. The van der Waals surface area contributed by atoms with Crippen molar-refractivity contribution in [1.29, 1.82) is 0 Å². The lowest BCUT2D eigenvalue weighted by Gasteiger charge is -2.43. The van der Waals surface area contributed by atoms with Crippen LogP contribution in [-0.2, 0) is 11.3 Å². The van der Waals surface area contributed by atoms with Gasteiger partial charge in [-0.05, 0) is 40.3 Å². The number of fused-ring (bicyclic) bond motifs is 1. The van der Waals surface area contributed by atoms with Gasteiger partial charge >= 0.3 is 0 Å². The maximum Gasteiger partial charge on any atom is 0.273 e. The predicted molar refractivity (Wildman–Crippen MR) is 113 cm³/mol. The first-order chi connectivity index (χ1) is 14.3. The summed E-state index contributed by atoms with van der Waals surface area (Å²) in [5.74, 6) is -0.716. The fourth-order valence-corrected chi connectivity index (χ4v) is 4.22. The molecule has 2 heterocycles. The molecule has 1 aliphatic carbocycles. The van der Waals surface area contributed by atoms with Gasteiger partial charge in [0.25, 0.3) is 11.8 Å². The van der Waals surface area contributed by atoms with Gasteiger partial charge in [-0.15, -0.1) is 0 Å². The summed E-state index contributed by atoms with van der Waals surface area (Å²) in [6.45, 7) is 5.69. The molecule has 3 amide bonds. The number of aromatic nitrogens is 2. The van der Waals surface area contributed by atoms with Crippen LogP contribution in [0, 0.1) is 0 Å². The molecule has 9 nitrogen and oxygen atoms in total. The summed E-state index contributed by atoms with van der Waals surface area (Å²) >= 11 is 0. The SMILES string of the molecule is CCCN1C(=O)c2cc(C(=O)NCCN(C)C)nn2C[C@]1(C)C(=O)NC1CCCC1. The van der Waals surface area contributed by atoms with Gasteiger partial charge < -0.3 is 20.4 Å². The molecular weight excluding hydrogens is 384 g/mol. The van der Waals surface area contributed by atoms with Crippen LogP contribution in [0.4, 0.5) is 0 Å². The van der Waals surface area contributed by atoms with E-state index in [1.807, 2.05) is 25.9 Å². The van der Waals surface area contributed by atoms with Crippen LogP contribution >= 0.6 is 0 Å². The van der Waals surface area contributed by atoms with Crippen molar-refractivity contribution in [2.45, 2.75) is 64.1 Å². The molecule has 1 atom stereocenters. The summed E-state index contributed by atoms with van der Waals surface area (Å²) in [6.07, 6.45) is 4.94. The molecule has 2 N–H and O–H groups in total. The molecule has 0 unspecified atom stereocenters. The van der Waals surface area contributed by atoms with Gasteiger partial charge in [0.05, 0.1) is 6.54 Å². The number of carbonyl (C=O) groups is 3. The third-order valence-electron chi connectivity index (χ3n) is 6.00. The van der Waals surface area contributed by atoms with E-state index in [1.54, 1.807) is 11.8 Å². The van der Waals surface area contributed by atoms with E-state index < -0.39 is 5.54 Å². The van der Waals surface area contributed by atoms with Crippen LogP contribution in [0.15, 0.2) is 6.07 Å². The molecule has 3 rings (SSSR count). The van der Waals surface area contributed by atoms with E-state index in [9.17, 15) is 14.4 Å². The van der Waals surface area contributed by atoms with Gasteiger partial charge in [-0.2, -0.15) is 5.10 Å². The summed E-state index contributed by atoms with van der Waals surface area (Å²) in [4.78, 5) is 42.6. The Labute approximate surface area is 178 Å². The van der Waals surface area contributed by atoms with Crippen molar-refractivity contribution in [3.63, 3.8) is 0 Å². The molecule has 30 heavy (non-hydrogen) atoms. The van der Waals surface area contributed by atoms with Crippen LogP contribution in [0.5, 0.6) is 0 Å². The Balaban J connectivity index is 1.81. The van der Waals surface area contributed by atoms with Gasteiger partial charge in [-0.3, -0.25) is 19.1 Å². The summed E-state index contributed by atoms with van der Waals surface area (Å²) < 4.78 is 1.52. The molecule has 0 bridgehead atoms. The molecule has 0 aromatic carbocycles. The highest BCUT2D eigenvalue weighted by atomic mass is 16.2. The molecule has 0 saturated heterocycles. The smallest absolute Gasteiger partial charge is 0.273 e. The second-order valence-electron chi connectivity index (χ2n) is 8.82. The number of hydrogen-bond donors (Lipinski definition) is 2. The number of nitrogens with one attached hydrogen (secondary N) is 2. The number of rotatable bonds is 8. The molecule has 0 spiro atoms. The van der Waals surface area contributed by atoms with Gasteiger partial charge in [0.15, 0.2) is 5.69 Å². The number of hydrogen-bond acceptors (Lipinski definition) is 5. The summed E-state index contributed by atoms with van der Waals surface area (Å²) in [6, 6.07) is 1.70. The molecule has 1 aromatic rings. The number of carbonyl (C=O) groups excluding carboxylic acids is 3. The molecule has 9 heteroatoms. The monoisotopic (exact) mass is 418 g/mol. The number of likely N-dealkylation sites (N-methyl/N-ethyl adjacent to an activating group) is 1. The second-order valence-corrected chi connectivity index (χ2v) is 8.82. The Hall–Kier alpha value is -2.42. The van der Waals surface area contributed by atoms with Crippen LogP contribution in [0.2, 0.25) is 0 Å². The zero-order valence-corrected chi connectivity index (χ0v) is 18.5. The van der Waals surface area contributed by atoms with Crippen LogP contribution < -0.4 is 10.6 Å². The quantitative estimate of drug-likeness (QED) is 0.652. The first kappa shape index (κ1) is 22.3. The van der Waals surface area contributed by atoms with Crippen molar-refractivity contribution >= 4 is 17.7 Å². The minimum absolute atomic E-state index is 0.144. The van der Waals surface area contributed by atoms with E-state index >= 15 is 0 Å². The highest BCUT2D eigenvalue weighted by Crippen LogP contribution is 2.29. The Morgan fingerprint density at radius 1 is 1.30 bits per heavy atom. The van der Waals surface area contributed by atoms with Crippen LogP contribution in [0.25, 0.3) is 0 Å². The van der Waals surface area contributed by atoms with Crippen molar-refractivity contribution in [2.24, 2.45) is 0 Å². The minimum atomic E-state index is -1.03. The molecule has 166 valence electrons. The van der Waals surface area contributed by atoms with E-state index in [0.29, 0.717) is 25.3 Å². The Kier molecular flexibility index (Phi) is 6.80. The molecule has 2 aliphatic rings. The Morgan fingerprint density at radius 2 is 2.00 bits per heavy atom. The highest BCUT2D eigenvalue weighted by molar-refractivity contribution is 6.01. The minimum Gasteiger partial charge on any atom is -0.351 e. The summed E-state index contributed by atoms with van der Waals surface area (Å²) in [7, 11) is 3.86. The molecule has 0 radical (unpaired) electrons. The predicted octanol–water partition coefficient (Wildman–Crippen LogP) is 0.858. The van der Waals surface area contributed by atoms with Crippen molar-refractivity contribution in [3.8, 4) is 0 Å². The van der Waals surface area contributed by atoms with Crippen molar-refractivity contribution in [2.75, 3.05) is 33.7 Å². The molecule has 1 aliphatic heterocycles. The third kappa shape index (κ3) is 4.50. The molecular formula is C21H34N6O3. The van der Waals surface area contributed by atoms with Crippen LogP contribution in [0.1, 0.15) is 66.9 Å². The largest absolute Gasteiger partial charge is 0.351 e. The van der Waals surface area contributed by atoms with Crippen molar-refractivity contribution in [1.82, 2.24) is 30.2 Å². The average molecular weight is 419 g/mol. The fourth-order valence-electron chi connectivity index (χ4n) is 4.22. The topological polar surface area (TPSA) is 99.6 Å². The van der Waals surface area contributed by atoms with Gasteiger partial charge in [0.2, 0.25) is 5.91 Å². The van der Waals surface area contributed by atoms with E-state index in [4.69, 9.17) is 0 Å². The second kappa shape index (κ2) is 9.16. The number of nitrogens with zero attached hydrogens (tertiary/aromatic N) is 4. The Morgan fingerprint density at radius 3 is 2.63 bits per heavy atom. The van der Waals surface area contributed by atoms with Crippen molar-refractivity contribution < 1.29 is 14.4 Å². The highest BCUT2D eigenvalue weighted by Gasteiger charge is 2.48. The van der Waals surface area contributed by atoms with E-state index in [1.165, 1.54) is 10.7 Å². The van der Waals surface area contributed by atoms with Crippen molar-refractivity contribution in [3.05, 3.63) is 17.5 Å². The summed E-state index contributed by atoms with van der Waals surface area (Å²) in [5.41, 5.74) is -0.478. The Bertz CT molecular complexity index is 799. The standard InChI is InChI=1S/C21H34N6O3/c1-5-11-26-19(29)17-13-16(18(28)22-10-12-25(3)4)24-27(17)14-21(26,2)20(30)23-15-8-6-7-9-15/h13,15H,5-12,14H2,1-4H3,(H,22,28)(H,23,30)/t21-/m1/s1.